The van der Waals surface area contributed by atoms with E-state index in [4.69, 9.17) is 5.73 Å². The molecule has 3 unspecified atom stereocenters. The van der Waals surface area contributed by atoms with Gasteiger partial charge in [0, 0.05) is 37.3 Å². The van der Waals surface area contributed by atoms with Crippen molar-refractivity contribution in [2.24, 2.45) is 5.92 Å². The van der Waals surface area contributed by atoms with Gasteiger partial charge in [-0.25, -0.2) is 0 Å². The van der Waals surface area contributed by atoms with Gasteiger partial charge in [-0.1, -0.05) is 6.07 Å². The van der Waals surface area contributed by atoms with Crippen molar-refractivity contribution < 1.29 is 4.79 Å². The predicted octanol–water partition coefficient (Wildman–Crippen LogP) is 1.86. The summed E-state index contributed by atoms with van der Waals surface area (Å²) in [6.45, 7) is 2.22. The summed E-state index contributed by atoms with van der Waals surface area (Å²) in [5.41, 5.74) is 9.68. The van der Waals surface area contributed by atoms with E-state index in [0.29, 0.717) is 24.4 Å². The topological polar surface area (TPSA) is 58.4 Å². The summed E-state index contributed by atoms with van der Waals surface area (Å²) in [7, 11) is 0. The van der Waals surface area contributed by atoms with E-state index in [9.17, 15) is 4.79 Å². The Balaban J connectivity index is 1.51. The number of hydrogen-bond acceptors (Lipinski definition) is 3. The second kappa shape index (κ2) is 5.02. The second-order valence-corrected chi connectivity index (χ2v) is 6.77. The number of likely N-dealkylation sites (tertiary alicyclic amines) is 1. The lowest BCUT2D eigenvalue weighted by Crippen LogP contribution is -2.54. The molecule has 2 heterocycles. The fourth-order valence-corrected chi connectivity index (χ4v) is 4.42. The highest BCUT2D eigenvalue weighted by Gasteiger charge is 2.37. The van der Waals surface area contributed by atoms with Gasteiger partial charge in [0.1, 0.15) is 0 Å². The summed E-state index contributed by atoms with van der Waals surface area (Å²) < 4.78 is 0. The Hall–Kier alpha value is -1.55. The Morgan fingerprint density at radius 3 is 3.00 bits per heavy atom. The maximum absolute atomic E-state index is 11.5. The van der Waals surface area contributed by atoms with E-state index in [-0.39, 0.29) is 5.91 Å². The van der Waals surface area contributed by atoms with Crippen molar-refractivity contribution in [3.63, 3.8) is 0 Å². The molecule has 1 amide bonds. The SMILES string of the molecule is Nc1ccc2c(c1)CCC2N1CCC2NC(=O)CCC2C1. The number of nitrogens with zero attached hydrogens (tertiary/aromatic N) is 1. The molecule has 1 aromatic carbocycles. The van der Waals surface area contributed by atoms with Crippen LogP contribution in [0, 0.1) is 5.92 Å². The molecule has 2 saturated heterocycles. The number of nitrogens with two attached hydrogens (primary N) is 1. The molecule has 0 saturated carbocycles. The summed E-state index contributed by atoms with van der Waals surface area (Å²) >= 11 is 0. The molecule has 0 radical (unpaired) electrons. The van der Waals surface area contributed by atoms with Crippen molar-refractivity contribution in [3.8, 4) is 0 Å². The molecule has 4 heteroatoms. The Morgan fingerprint density at radius 1 is 1.19 bits per heavy atom. The number of hydrogen-bond donors (Lipinski definition) is 2. The quantitative estimate of drug-likeness (QED) is 0.774. The van der Waals surface area contributed by atoms with Gasteiger partial charge in [-0.3, -0.25) is 9.69 Å². The first-order valence-electron chi connectivity index (χ1n) is 8.12. The van der Waals surface area contributed by atoms with Gasteiger partial charge in [0.05, 0.1) is 0 Å². The van der Waals surface area contributed by atoms with Crippen molar-refractivity contribution in [3.05, 3.63) is 29.3 Å². The summed E-state index contributed by atoms with van der Waals surface area (Å²) in [5, 5.41) is 3.17. The highest BCUT2D eigenvalue weighted by Crippen LogP contribution is 2.39. The van der Waals surface area contributed by atoms with Crippen LogP contribution in [0.5, 0.6) is 0 Å². The number of carbonyl (C=O) groups excluding carboxylic acids is 1. The summed E-state index contributed by atoms with van der Waals surface area (Å²) in [6.07, 6.45) is 5.20. The normalized spacial score (nSPS) is 32.4. The summed E-state index contributed by atoms with van der Waals surface area (Å²) in [5.74, 6) is 0.876. The van der Waals surface area contributed by atoms with E-state index in [1.165, 1.54) is 17.5 Å². The number of anilines is 1. The molecule has 2 fully saturated rings. The zero-order valence-corrected chi connectivity index (χ0v) is 12.3. The predicted molar refractivity (Wildman–Crippen MR) is 82.8 cm³/mol. The van der Waals surface area contributed by atoms with Crippen molar-refractivity contribution in [1.82, 2.24) is 10.2 Å². The molecule has 0 spiro atoms. The molecule has 3 N–H and O–H groups in total. The third kappa shape index (κ3) is 2.31. The van der Waals surface area contributed by atoms with Gasteiger partial charge < -0.3 is 11.1 Å². The third-order valence-electron chi connectivity index (χ3n) is 5.51. The Labute approximate surface area is 125 Å². The summed E-state index contributed by atoms with van der Waals surface area (Å²) in [6, 6.07) is 7.36. The van der Waals surface area contributed by atoms with Crippen LogP contribution in [0.1, 0.15) is 42.9 Å². The van der Waals surface area contributed by atoms with Gasteiger partial charge >= 0.3 is 0 Å². The Bertz CT molecular complexity index is 571. The van der Waals surface area contributed by atoms with Gasteiger partial charge in [-0.15, -0.1) is 0 Å². The lowest BCUT2D eigenvalue weighted by molar-refractivity contribution is -0.125. The number of rotatable bonds is 1. The molecule has 21 heavy (non-hydrogen) atoms. The van der Waals surface area contributed by atoms with E-state index < -0.39 is 0 Å². The van der Waals surface area contributed by atoms with E-state index in [0.717, 1.165) is 38.0 Å². The first-order valence-corrected chi connectivity index (χ1v) is 8.12. The number of amides is 1. The smallest absolute Gasteiger partial charge is 0.220 e. The maximum atomic E-state index is 11.5. The van der Waals surface area contributed by atoms with Crippen LogP contribution in [0.25, 0.3) is 0 Å². The van der Waals surface area contributed by atoms with Gasteiger partial charge in [0.25, 0.3) is 0 Å². The van der Waals surface area contributed by atoms with Crippen LogP contribution in [-0.2, 0) is 11.2 Å². The molecule has 112 valence electrons. The van der Waals surface area contributed by atoms with Crippen LogP contribution in [0.4, 0.5) is 5.69 Å². The highest BCUT2D eigenvalue weighted by atomic mass is 16.1. The Kier molecular flexibility index (Phi) is 3.14. The highest BCUT2D eigenvalue weighted by molar-refractivity contribution is 5.77. The molecule has 1 aromatic rings. The van der Waals surface area contributed by atoms with Crippen LogP contribution >= 0.6 is 0 Å². The van der Waals surface area contributed by atoms with Crippen LogP contribution in [0.15, 0.2) is 18.2 Å². The average Bonchev–Trinajstić information content (AvgIpc) is 2.89. The van der Waals surface area contributed by atoms with E-state index in [2.05, 4.69) is 22.3 Å². The molecule has 3 atom stereocenters. The van der Waals surface area contributed by atoms with Crippen molar-refractivity contribution in [1.29, 1.82) is 0 Å². The van der Waals surface area contributed by atoms with Crippen molar-refractivity contribution in [2.75, 3.05) is 18.8 Å². The fraction of sp³-hybridized carbons (Fsp3) is 0.588. The molecule has 2 aliphatic heterocycles. The number of carbonyl (C=O) groups is 1. The number of benzene rings is 1. The monoisotopic (exact) mass is 285 g/mol. The average molecular weight is 285 g/mol. The molecule has 0 bridgehead atoms. The van der Waals surface area contributed by atoms with Gasteiger partial charge in [-0.05, 0) is 54.9 Å². The van der Waals surface area contributed by atoms with Gasteiger partial charge in [0.15, 0.2) is 0 Å². The minimum atomic E-state index is 0.242. The molecular formula is C17H23N3O. The van der Waals surface area contributed by atoms with Crippen molar-refractivity contribution in [2.45, 2.75) is 44.2 Å². The molecule has 3 aliphatic rings. The van der Waals surface area contributed by atoms with Crippen LogP contribution < -0.4 is 11.1 Å². The van der Waals surface area contributed by atoms with Crippen LogP contribution in [0.2, 0.25) is 0 Å². The number of nitrogen functional groups attached to an aromatic ring is 1. The molecule has 4 nitrogen and oxygen atoms in total. The number of fused-ring (bicyclic) bond motifs is 2. The number of nitrogens with one attached hydrogen (secondary N) is 1. The van der Waals surface area contributed by atoms with Crippen LogP contribution in [0.3, 0.4) is 0 Å². The molecule has 4 rings (SSSR count). The lowest BCUT2D eigenvalue weighted by Gasteiger charge is -2.43. The Morgan fingerprint density at radius 2 is 2.10 bits per heavy atom. The van der Waals surface area contributed by atoms with E-state index >= 15 is 0 Å². The number of piperidine rings is 2. The summed E-state index contributed by atoms with van der Waals surface area (Å²) in [4.78, 5) is 14.2. The fourth-order valence-electron chi connectivity index (χ4n) is 4.42. The molecule has 1 aliphatic carbocycles. The van der Waals surface area contributed by atoms with Gasteiger partial charge in [-0.2, -0.15) is 0 Å². The minimum Gasteiger partial charge on any atom is -0.399 e. The third-order valence-corrected chi connectivity index (χ3v) is 5.51. The first kappa shape index (κ1) is 13.1. The lowest BCUT2D eigenvalue weighted by atomic mass is 9.84. The zero-order valence-electron chi connectivity index (χ0n) is 12.3. The second-order valence-electron chi connectivity index (χ2n) is 6.77. The van der Waals surface area contributed by atoms with Gasteiger partial charge in [0.2, 0.25) is 5.91 Å². The zero-order chi connectivity index (χ0) is 14.4. The van der Waals surface area contributed by atoms with Crippen LogP contribution in [-0.4, -0.2) is 29.9 Å². The largest absolute Gasteiger partial charge is 0.399 e. The van der Waals surface area contributed by atoms with E-state index in [1.54, 1.807) is 0 Å². The molecular weight excluding hydrogens is 262 g/mol. The maximum Gasteiger partial charge on any atom is 0.220 e. The molecule has 0 aromatic heterocycles. The van der Waals surface area contributed by atoms with Crippen molar-refractivity contribution >= 4 is 11.6 Å². The van der Waals surface area contributed by atoms with E-state index in [1.807, 2.05) is 6.07 Å². The number of aryl methyl sites for hydroxylation is 1. The first-order chi connectivity index (χ1) is 10.2. The minimum absolute atomic E-state index is 0.242. The standard InChI is InChI=1S/C17H23N3O/c18-13-3-4-14-11(9-13)1-5-16(14)20-8-7-15-12(10-20)2-6-17(21)19-15/h3-4,9,12,15-16H,1-2,5-8,10,18H2,(H,19,21).